The number of aliphatic carboxylic acids is 1. The fraction of sp³-hybridized carbons (Fsp3) is 0.190. The van der Waals surface area contributed by atoms with Gasteiger partial charge in [0.15, 0.2) is 0 Å². The molecule has 8 heteroatoms. The van der Waals surface area contributed by atoms with E-state index in [-0.39, 0.29) is 17.6 Å². The summed E-state index contributed by atoms with van der Waals surface area (Å²) in [6.45, 7) is 2.85. The minimum absolute atomic E-state index is 0.0114. The van der Waals surface area contributed by atoms with E-state index in [1.807, 2.05) is 0 Å². The summed E-state index contributed by atoms with van der Waals surface area (Å²) in [5, 5.41) is 11.8. The Balaban J connectivity index is 2.02. The third kappa shape index (κ3) is 3.15. The number of halogens is 1. The zero-order chi connectivity index (χ0) is 20.8. The van der Waals surface area contributed by atoms with Crippen LogP contribution in [0.15, 0.2) is 57.3 Å². The van der Waals surface area contributed by atoms with Crippen molar-refractivity contribution < 1.29 is 18.7 Å². The zero-order valence-corrected chi connectivity index (χ0v) is 16.5. The molecule has 0 amide bonds. The summed E-state index contributed by atoms with van der Waals surface area (Å²) < 4.78 is 20.8. The van der Waals surface area contributed by atoms with Crippen molar-refractivity contribution in [3.63, 3.8) is 0 Å². The van der Waals surface area contributed by atoms with Crippen LogP contribution in [0.1, 0.15) is 25.2 Å². The molecule has 148 valence electrons. The molecule has 3 aromatic heterocycles. The second-order valence-electron chi connectivity index (χ2n) is 7.11. The van der Waals surface area contributed by atoms with Crippen molar-refractivity contribution >= 4 is 27.5 Å². The standard InChI is InChI=1S/C21H17FN2O4S/c1-21(2,20(26)27)24-16(10-12-6-3-4-7-14(12)22)23-18-17(19(24)25)13(11-29-18)15-8-5-9-28-15/h3-9,11H,10H2,1-2H3,(H,26,27). The number of hydrogen-bond donors (Lipinski definition) is 1. The molecule has 0 aliphatic heterocycles. The molecule has 0 radical (unpaired) electrons. The van der Waals surface area contributed by atoms with Crippen molar-refractivity contribution in [3.05, 3.63) is 75.6 Å². The monoisotopic (exact) mass is 412 g/mol. The number of thiophene rings is 1. The summed E-state index contributed by atoms with van der Waals surface area (Å²) in [5.41, 5.74) is -1.20. The lowest BCUT2D eigenvalue weighted by atomic mass is 10.0. The van der Waals surface area contributed by atoms with Crippen LogP contribution in [0, 0.1) is 5.82 Å². The molecule has 0 saturated heterocycles. The SMILES string of the molecule is CC(C)(C(=O)O)n1c(Cc2ccccc2F)nc2scc(-c3ccco3)c2c1=O. The number of aromatic nitrogens is 2. The van der Waals surface area contributed by atoms with Crippen LogP contribution in [0.25, 0.3) is 21.5 Å². The Morgan fingerprint density at radius 3 is 2.69 bits per heavy atom. The maximum Gasteiger partial charge on any atom is 0.329 e. The van der Waals surface area contributed by atoms with Crippen molar-refractivity contribution in [2.24, 2.45) is 0 Å². The number of carbonyl (C=O) groups is 1. The fourth-order valence-electron chi connectivity index (χ4n) is 3.25. The summed E-state index contributed by atoms with van der Waals surface area (Å²) in [6.07, 6.45) is 1.49. The Hall–Kier alpha value is -3.26. The molecular weight excluding hydrogens is 395 g/mol. The van der Waals surface area contributed by atoms with E-state index in [1.54, 1.807) is 35.7 Å². The molecule has 0 saturated carbocycles. The van der Waals surface area contributed by atoms with Gasteiger partial charge in [0.05, 0.1) is 11.6 Å². The molecule has 6 nitrogen and oxygen atoms in total. The number of fused-ring (bicyclic) bond motifs is 1. The van der Waals surface area contributed by atoms with Crippen LogP contribution in [-0.4, -0.2) is 20.6 Å². The van der Waals surface area contributed by atoms with Crippen LogP contribution in [0.5, 0.6) is 0 Å². The molecule has 29 heavy (non-hydrogen) atoms. The number of furan rings is 1. The van der Waals surface area contributed by atoms with Crippen LogP contribution in [0.2, 0.25) is 0 Å². The van der Waals surface area contributed by atoms with Crippen LogP contribution in [0.4, 0.5) is 4.39 Å². The average Bonchev–Trinajstić information content (AvgIpc) is 3.32. The maximum atomic E-state index is 14.2. The Kier molecular flexibility index (Phi) is 4.58. The second kappa shape index (κ2) is 6.97. The molecular formula is C21H17FN2O4S. The smallest absolute Gasteiger partial charge is 0.329 e. The molecule has 1 aromatic carbocycles. The number of carboxylic acid groups (broad SMARTS) is 1. The predicted octanol–water partition coefficient (Wildman–Crippen LogP) is 4.27. The van der Waals surface area contributed by atoms with Gasteiger partial charge < -0.3 is 9.52 Å². The minimum Gasteiger partial charge on any atom is -0.480 e. The van der Waals surface area contributed by atoms with Crippen LogP contribution < -0.4 is 5.56 Å². The summed E-state index contributed by atoms with van der Waals surface area (Å²) in [5.74, 6) is -0.946. The van der Waals surface area contributed by atoms with Gasteiger partial charge in [-0.3, -0.25) is 9.36 Å². The van der Waals surface area contributed by atoms with E-state index in [0.29, 0.717) is 21.7 Å². The summed E-state index contributed by atoms with van der Waals surface area (Å²) >= 11 is 1.26. The van der Waals surface area contributed by atoms with E-state index in [9.17, 15) is 19.1 Å². The molecule has 4 rings (SSSR count). The highest BCUT2D eigenvalue weighted by Gasteiger charge is 2.34. The van der Waals surface area contributed by atoms with Gasteiger partial charge in [0.25, 0.3) is 5.56 Å². The Bertz CT molecular complexity index is 1270. The van der Waals surface area contributed by atoms with Crippen LogP contribution in [0.3, 0.4) is 0 Å². The van der Waals surface area contributed by atoms with E-state index in [2.05, 4.69) is 4.98 Å². The van der Waals surface area contributed by atoms with Crippen molar-refractivity contribution in [2.75, 3.05) is 0 Å². The summed E-state index contributed by atoms with van der Waals surface area (Å²) in [7, 11) is 0. The molecule has 3 heterocycles. The van der Waals surface area contributed by atoms with Crippen molar-refractivity contribution in [2.45, 2.75) is 25.8 Å². The third-order valence-electron chi connectivity index (χ3n) is 4.85. The molecule has 4 aromatic rings. The molecule has 0 fully saturated rings. The normalized spacial score (nSPS) is 11.8. The topological polar surface area (TPSA) is 85.3 Å². The highest BCUT2D eigenvalue weighted by atomic mass is 32.1. The van der Waals surface area contributed by atoms with Gasteiger partial charge in [0, 0.05) is 17.4 Å². The Labute approximate surface area is 168 Å². The van der Waals surface area contributed by atoms with E-state index in [0.717, 1.165) is 4.57 Å². The van der Waals surface area contributed by atoms with E-state index in [1.165, 1.54) is 37.5 Å². The van der Waals surface area contributed by atoms with Gasteiger partial charge in [-0.05, 0) is 37.6 Å². The number of carboxylic acids is 1. The Morgan fingerprint density at radius 2 is 2.03 bits per heavy atom. The molecule has 0 aliphatic carbocycles. The number of hydrogen-bond acceptors (Lipinski definition) is 5. The second-order valence-corrected chi connectivity index (χ2v) is 7.97. The van der Waals surface area contributed by atoms with Crippen LogP contribution >= 0.6 is 11.3 Å². The van der Waals surface area contributed by atoms with E-state index in [4.69, 9.17) is 4.42 Å². The van der Waals surface area contributed by atoms with Crippen molar-refractivity contribution in [3.8, 4) is 11.3 Å². The first-order chi connectivity index (χ1) is 13.8. The first-order valence-corrected chi connectivity index (χ1v) is 9.73. The quantitative estimate of drug-likeness (QED) is 0.529. The van der Waals surface area contributed by atoms with Gasteiger partial charge in [0.1, 0.15) is 27.8 Å². The van der Waals surface area contributed by atoms with E-state index >= 15 is 0 Å². The van der Waals surface area contributed by atoms with Crippen molar-refractivity contribution in [1.82, 2.24) is 9.55 Å². The van der Waals surface area contributed by atoms with Crippen LogP contribution in [-0.2, 0) is 16.8 Å². The van der Waals surface area contributed by atoms with Gasteiger partial charge in [-0.2, -0.15) is 0 Å². The molecule has 1 N–H and O–H groups in total. The van der Waals surface area contributed by atoms with Gasteiger partial charge in [-0.1, -0.05) is 18.2 Å². The predicted molar refractivity (Wildman–Crippen MR) is 108 cm³/mol. The lowest BCUT2D eigenvalue weighted by molar-refractivity contribution is -0.146. The first-order valence-electron chi connectivity index (χ1n) is 8.85. The minimum atomic E-state index is -1.58. The number of rotatable bonds is 5. The molecule has 0 unspecified atom stereocenters. The highest BCUT2D eigenvalue weighted by molar-refractivity contribution is 7.17. The Morgan fingerprint density at radius 1 is 1.28 bits per heavy atom. The van der Waals surface area contributed by atoms with Crippen molar-refractivity contribution in [1.29, 1.82) is 0 Å². The molecule has 0 aliphatic rings. The maximum absolute atomic E-state index is 14.2. The van der Waals surface area contributed by atoms with Gasteiger partial charge in [-0.15, -0.1) is 11.3 Å². The highest BCUT2D eigenvalue weighted by Crippen LogP contribution is 2.32. The average molecular weight is 412 g/mol. The lowest BCUT2D eigenvalue weighted by Gasteiger charge is -2.25. The summed E-state index contributed by atoms with van der Waals surface area (Å²) in [4.78, 5) is 30.4. The molecule has 0 bridgehead atoms. The first kappa shape index (κ1) is 19.1. The fourth-order valence-corrected chi connectivity index (χ4v) is 4.19. The zero-order valence-electron chi connectivity index (χ0n) is 15.7. The largest absolute Gasteiger partial charge is 0.480 e. The number of nitrogens with zero attached hydrogens (tertiary/aromatic N) is 2. The van der Waals surface area contributed by atoms with Gasteiger partial charge in [-0.25, -0.2) is 14.2 Å². The molecule has 0 atom stereocenters. The van der Waals surface area contributed by atoms with Gasteiger partial charge in [0.2, 0.25) is 0 Å². The third-order valence-corrected chi connectivity index (χ3v) is 5.72. The lowest BCUT2D eigenvalue weighted by Crippen LogP contribution is -2.45. The molecule has 0 spiro atoms. The van der Waals surface area contributed by atoms with E-state index < -0.39 is 22.9 Å². The summed E-state index contributed by atoms with van der Waals surface area (Å²) in [6, 6.07) is 9.59. The number of benzene rings is 1. The van der Waals surface area contributed by atoms with Gasteiger partial charge >= 0.3 is 5.97 Å².